The molecular weight excluding hydrogens is 404 g/mol. The van der Waals surface area contributed by atoms with Gasteiger partial charge < -0.3 is 5.32 Å². The van der Waals surface area contributed by atoms with E-state index in [0.29, 0.717) is 17.9 Å². The second-order valence-electron chi connectivity index (χ2n) is 6.53. The molecule has 0 bridgehead atoms. The van der Waals surface area contributed by atoms with E-state index >= 15 is 0 Å². The lowest BCUT2D eigenvalue weighted by molar-refractivity contribution is -0.121. The highest BCUT2D eigenvalue weighted by molar-refractivity contribution is 9.10. The van der Waals surface area contributed by atoms with Gasteiger partial charge in [0.2, 0.25) is 5.91 Å². The van der Waals surface area contributed by atoms with Crippen molar-refractivity contribution < 1.29 is 13.6 Å². The number of hydrogen-bond donors (Lipinski definition) is 1. The van der Waals surface area contributed by atoms with Crippen molar-refractivity contribution in [3.63, 3.8) is 0 Å². The molecule has 3 rings (SSSR count). The first-order chi connectivity index (χ1) is 12.4. The molecule has 2 aromatic rings. The van der Waals surface area contributed by atoms with Gasteiger partial charge in [-0.25, -0.2) is 13.8 Å². The summed E-state index contributed by atoms with van der Waals surface area (Å²) in [5.74, 6) is -1.41. The normalized spacial score (nSPS) is 19.2. The first-order valence-corrected chi connectivity index (χ1v) is 9.35. The number of carbonyl (C=O) groups is 1. The summed E-state index contributed by atoms with van der Waals surface area (Å²) in [5, 5.41) is 2.85. The number of nitrogens with one attached hydrogen (secondary N) is 1. The number of aromatic nitrogens is 1. The molecule has 0 radical (unpaired) electrons. The predicted molar refractivity (Wildman–Crippen MR) is 99.6 cm³/mol. The van der Waals surface area contributed by atoms with E-state index in [9.17, 15) is 13.6 Å². The van der Waals surface area contributed by atoms with Crippen molar-refractivity contribution in [3.05, 3.63) is 58.2 Å². The van der Waals surface area contributed by atoms with Crippen LogP contribution in [0.3, 0.4) is 0 Å². The van der Waals surface area contributed by atoms with E-state index in [1.807, 2.05) is 13.0 Å². The zero-order valence-electron chi connectivity index (χ0n) is 14.4. The Bertz CT molecular complexity index is 785. The topological polar surface area (TPSA) is 45.2 Å². The maximum atomic E-state index is 13.5. The molecule has 1 aromatic carbocycles. The first kappa shape index (κ1) is 18.9. The monoisotopic (exact) mass is 423 g/mol. The molecule has 1 aliphatic rings. The minimum atomic E-state index is -0.848. The van der Waals surface area contributed by atoms with Gasteiger partial charge in [-0.05, 0) is 72.1 Å². The van der Waals surface area contributed by atoms with Crippen LogP contribution in [0.1, 0.15) is 31.4 Å². The molecule has 0 spiro atoms. The molecule has 2 atom stereocenters. The summed E-state index contributed by atoms with van der Waals surface area (Å²) in [6, 6.07) is 7.45. The van der Waals surface area contributed by atoms with Crippen molar-refractivity contribution in [2.45, 2.75) is 25.8 Å². The molecule has 1 aliphatic heterocycles. The summed E-state index contributed by atoms with van der Waals surface area (Å²) in [4.78, 5) is 18.9. The van der Waals surface area contributed by atoms with Gasteiger partial charge in [0, 0.05) is 23.3 Å². The lowest BCUT2D eigenvalue weighted by atomic mass is 9.94. The maximum Gasteiger partial charge on any atom is 0.229 e. The van der Waals surface area contributed by atoms with Crippen LogP contribution in [-0.2, 0) is 4.79 Å². The van der Waals surface area contributed by atoms with E-state index in [0.717, 1.165) is 29.9 Å². The Hall–Kier alpha value is -1.86. The average Bonchev–Trinajstić information content (AvgIpc) is 2.65. The third kappa shape index (κ3) is 4.45. The van der Waals surface area contributed by atoms with E-state index < -0.39 is 11.6 Å². The molecule has 0 saturated carbocycles. The number of hydrogen-bond acceptors (Lipinski definition) is 3. The molecule has 1 amide bonds. The van der Waals surface area contributed by atoms with Gasteiger partial charge in [-0.1, -0.05) is 6.07 Å². The molecule has 2 unspecified atom stereocenters. The van der Waals surface area contributed by atoms with E-state index in [-0.39, 0.29) is 17.9 Å². The maximum absolute atomic E-state index is 13.5. The Labute approximate surface area is 159 Å². The summed E-state index contributed by atoms with van der Waals surface area (Å²) >= 11 is 3.31. The molecule has 0 aliphatic carbocycles. The number of anilines is 1. The molecule has 1 aromatic heterocycles. The van der Waals surface area contributed by atoms with Crippen LogP contribution < -0.4 is 5.32 Å². The smallest absolute Gasteiger partial charge is 0.229 e. The summed E-state index contributed by atoms with van der Waals surface area (Å²) in [6.07, 6.45) is 3.30. The highest BCUT2D eigenvalue weighted by Crippen LogP contribution is 2.28. The number of pyridine rings is 1. The van der Waals surface area contributed by atoms with Crippen LogP contribution in [0.2, 0.25) is 0 Å². The Balaban J connectivity index is 1.65. The fourth-order valence-electron chi connectivity index (χ4n) is 3.23. The number of nitrogens with zero attached hydrogens (tertiary/aromatic N) is 2. The molecule has 26 heavy (non-hydrogen) atoms. The minimum absolute atomic E-state index is 0.0676. The average molecular weight is 424 g/mol. The van der Waals surface area contributed by atoms with Gasteiger partial charge >= 0.3 is 0 Å². The molecule has 138 valence electrons. The van der Waals surface area contributed by atoms with Crippen molar-refractivity contribution in [2.75, 3.05) is 18.4 Å². The highest BCUT2D eigenvalue weighted by atomic mass is 79.9. The Morgan fingerprint density at radius 3 is 2.81 bits per heavy atom. The van der Waals surface area contributed by atoms with Crippen LogP contribution in [-0.4, -0.2) is 28.9 Å². The zero-order valence-corrected chi connectivity index (χ0v) is 16.0. The number of piperidine rings is 1. The Morgan fingerprint density at radius 2 is 2.12 bits per heavy atom. The summed E-state index contributed by atoms with van der Waals surface area (Å²) in [6.45, 7) is 3.34. The van der Waals surface area contributed by atoms with Gasteiger partial charge in [0.05, 0.1) is 5.92 Å². The van der Waals surface area contributed by atoms with E-state index in [4.69, 9.17) is 0 Å². The number of benzene rings is 1. The molecule has 7 heteroatoms. The van der Waals surface area contributed by atoms with E-state index in [2.05, 4.69) is 31.1 Å². The SMILES string of the molecule is CC(c1ccc(F)c(F)c1)N1CCCC(C(=O)Nc2ccc(Br)cn2)C1. The second-order valence-corrected chi connectivity index (χ2v) is 7.45. The van der Waals surface area contributed by atoms with Crippen molar-refractivity contribution in [1.82, 2.24) is 9.88 Å². The molecule has 1 N–H and O–H groups in total. The van der Waals surface area contributed by atoms with Gasteiger partial charge in [0.15, 0.2) is 11.6 Å². The minimum Gasteiger partial charge on any atom is -0.310 e. The lowest BCUT2D eigenvalue weighted by Crippen LogP contribution is -2.41. The third-order valence-electron chi connectivity index (χ3n) is 4.78. The lowest BCUT2D eigenvalue weighted by Gasteiger charge is -2.36. The Morgan fingerprint density at radius 1 is 1.31 bits per heavy atom. The zero-order chi connectivity index (χ0) is 18.7. The van der Waals surface area contributed by atoms with Crippen molar-refractivity contribution in [1.29, 1.82) is 0 Å². The van der Waals surface area contributed by atoms with E-state index in [1.54, 1.807) is 18.3 Å². The summed E-state index contributed by atoms with van der Waals surface area (Å²) < 4.78 is 27.5. The molecule has 4 nitrogen and oxygen atoms in total. The predicted octanol–water partition coefficient (Wildman–Crippen LogP) is 4.53. The third-order valence-corrected chi connectivity index (χ3v) is 5.25. The van der Waals surface area contributed by atoms with E-state index in [1.165, 1.54) is 6.07 Å². The fraction of sp³-hybridized carbons (Fsp3) is 0.368. The van der Waals surface area contributed by atoms with Crippen LogP contribution >= 0.6 is 15.9 Å². The summed E-state index contributed by atoms with van der Waals surface area (Å²) in [5.41, 5.74) is 0.708. The van der Waals surface area contributed by atoms with Crippen molar-refractivity contribution in [3.8, 4) is 0 Å². The molecular formula is C19H20BrF2N3O. The molecule has 2 heterocycles. The summed E-state index contributed by atoms with van der Waals surface area (Å²) in [7, 11) is 0. The van der Waals surface area contributed by atoms with Crippen LogP contribution in [0.4, 0.5) is 14.6 Å². The fourth-order valence-corrected chi connectivity index (χ4v) is 3.47. The highest BCUT2D eigenvalue weighted by Gasteiger charge is 2.29. The van der Waals surface area contributed by atoms with Gasteiger partial charge in [0.25, 0.3) is 0 Å². The van der Waals surface area contributed by atoms with Gasteiger partial charge in [-0.3, -0.25) is 9.69 Å². The quantitative estimate of drug-likeness (QED) is 0.785. The van der Waals surface area contributed by atoms with Crippen LogP contribution in [0.5, 0.6) is 0 Å². The van der Waals surface area contributed by atoms with Crippen molar-refractivity contribution >= 4 is 27.7 Å². The molecule has 1 saturated heterocycles. The van der Waals surface area contributed by atoms with Crippen molar-refractivity contribution in [2.24, 2.45) is 5.92 Å². The van der Waals surface area contributed by atoms with Crippen LogP contribution in [0.25, 0.3) is 0 Å². The van der Waals surface area contributed by atoms with Gasteiger partial charge in [-0.2, -0.15) is 0 Å². The van der Waals surface area contributed by atoms with Crippen LogP contribution in [0, 0.1) is 17.6 Å². The Kier molecular flexibility index (Phi) is 5.98. The largest absolute Gasteiger partial charge is 0.310 e. The number of amides is 1. The number of halogens is 3. The number of carbonyl (C=O) groups excluding carboxylic acids is 1. The van der Waals surface area contributed by atoms with Gasteiger partial charge in [-0.15, -0.1) is 0 Å². The number of likely N-dealkylation sites (tertiary alicyclic amines) is 1. The second kappa shape index (κ2) is 8.22. The van der Waals surface area contributed by atoms with Gasteiger partial charge in [0.1, 0.15) is 5.82 Å². The van der Waals surface area contributed by atoms with Crippen LogP contribution in [0.15, 0.2) is 41.0 Å². The molecule has 1 fully saturated rings. The first-order valence-electron chi connectivity index (χ1n) is 8.55. The number of rotatable bonds is 4. The standard InChI is InChI=1S/C19H20BrF2N3O/c1-12(13-4-6-16(21)17(22)9-13)25-8-2-3-14(11-25)19(26)24-18-7-5-15(20)10-23-18/h4-7,9-10,12,14H,2-3,8,11H2,1H3,(H,23,24,26).